The van der Waals surface area contributed by atoms with E-state index in [0.29, 0.717) is 12.5 Å². The Morgan fingerprint density at radius 2 is 1.83 bits per heavy atom. The molecule has 2 aliphatic rings. The van der Waals surface area contributed by atoms with Crippen LogP contribution in [0.2, 0.25) is 0 Å². The minimum Gasteiger partial charge on any atom is -0.370 e. The molecule has 1 saturated carbocycles. The van der Waals surface area contributed by atoms with Gasteiger partial charge in [0.25, 0.3) is 0 Å². The Hall–Kier alpha value is -1.56. The lowest BCUT2D eigenvalue weighted by atomic mass is 9.76. The van der Waals surface area contributed by atoms with Gasteiger partial charge in [-0.1, -0.05) is 12.8 Å². The van der Waals surface area contributed by atoms with Gasteiger partial charge in [0, 0.05) is 30.5 Å². The molecule has 0 spiro atoms. The smallest absolute Gasteiger partial charge is 0.217 e. The summed E-state index contributed by atoms with van der Waals surface area (Å²) in [6.07, 6.45) is 3.47. The maximum absolute atomic E-state index is 14.1. The largest absolute Gasteiger partial charge is 0.370 e. The van der Waals surface area contributed by atoms with Gasteiger partial charge in [0.05, 0.1) is 12.2 Å². The first kappa shape index (κ1) is 16.3. The van der Waals surface area contributed by atoms with Crippen LogP contribution in [0.3, 0.4) is 0 Å². The number of fused-ring (bicyclic) bond motifs is 1. The van der Waals surface area contributed by atoms with E-state index in [1.165, 1.54) is 6.92 Å². The first-order chi connectivity index (χ1) is 11.0. The lowest BCUT2D eigenvalue weighted by Gasteiger charge is -2.45. The van der Waals surface area contributed by atoms with E-state index < -0.39 is 23.6 Å². The van der Waals surface area contributed by atoms with Crippen molar-refractivity contribution in [1.29, 1.82) is 0 Å². The highest BCUT2D eigenvalue weighted by Gasteiger charge is 2.41. The van der Waals surface area contributed by atoms with Crippen molar-refractivity contribution in [2.24, 2.45) is 5.92 Å². The number of rotatable bonds is 2. The van der Waals surface area contributed by atoms with E-state index in [0.717, 1.165) is 31.7 Å². The van der Waals surface area contributed by atoms with E-state index in [1.807, 2.05) is 0 Å². The summed E-state index contributed by atoms with van der Waals surface area (Å²) in [5.41, 5.74) is 0.0169. The molecule has 23 heavy (non-hydrogen) atoms. The van der Waals surface area contributed by atoms with Crippen LogP contribution in [-0.4, -0.2) is 18.1 Å². The van der Waals surface area contributed by atoms with Crippen molar-refractivity contribution in [2.75, 3.05) is 0 Å². The average Bonchev–Trinajstić information content (AvgIpc) is 2.50. The molecule has 1 N–H and O–H groups in total. The molecule has 1 saturated heterocycles. The zero-order valence-corrected chi connectivity index (χ0v) is 13.0. The number of carbonyl (C=O) groups is 1. The second kappa shape index (κ2) is 6.51. The van der Waals surface area contributed by atoms with E-state index in [4.69, 9.17) is 4.74 Å². The van der Waals surface area contributed by atoms with Gasteiger partial charge >= 0.3 is 0 Å². The third-order valence-electron chi connectivity index (χ3n) is 4.85. The van der Waals surface area contributed by atoms with Crippen LogP contribution in [0.25, 0.3) is 0 Å². The molecule has 1 aromatic rings. The first-order valence-corrected chi connectivity index (χ1v) is 8.02. The molecule has 0 unspecified atom stereocenters. The van der Waals surface area contributed by atoms with Crippen molar-refractivity contribution in [3.05, 3.63) is 35.1 Å². The second-order valence-electron chi connectivity index (χ2n) is 6.44. The Bertz CT molecular complexity index is 608. The molecule has 3 rings (SSSR count). The summed E-state index contributed by atoms with van der Waals surface area (Å²) in [4.78, 5) is 11.5. The Morgan fingerprint density at radius 1 is 1.13 bits per heavy atom. The van der Waals surface area contributed by atoms with Gasteiger partial charge in [0.15, 0.2) is 11.6 Å². The Morgan fingerprint density at radius 3 is 2.57 bits per heavy atom. The predicted octanol–water partition coefficient (Wildman–Crippen LogP) is 3.63. The van der Waals surface area contributed by atoms with E-state index in [9.17, 15) is 18.0 Å². The van der Waals surface area contributed by atoms with Crippen LogP contribution >= 0.6 is 0 Å². The minimum absolute atomic E-state index is 0.0169. The molecule has 0 aromatic heterocycles. The molecular formula is C17H20F3NO2. The second-order valence-corrected chi connectivity index (χ2v) is 6.44. The fourth-order valence-corrected chi connectivity index (χ4v) is 3.84. The summed E-state index contributed by atoms with van der Waals surface area (Å²) in [6.45, 7) is 1.44. The number of amides is 1. The van der Waals surface area contributed by atoms with E-state index in [-0.39, 0.29) is 29.5 Å². The minimum atomic E-state index is -1.21. The molecule has 1 aliphatic heterocycles. The van der Waals surface area contributed by atoms with E-state index in [1.54, 1.807) is 0 Å². The Labute approximate surface area is 133 Å². The van der Waals surface area contributed by atoms with Gasteiger partial charge in [-0.25, -0.2) is 13.2 Å². The van der Waals surface area contributed by atoms with E-state index >= 15 is 0 Å². The molecule has 4 atom stereocenters. The number of benzene rings is 1. The molecular weight excluding hydrogens is 307 g/mol. The SMILES string of the molecule is CC(=O)N[C@@H]1C[C@H](c2cc(F)c(F)cc2F)O[C@@H]2CCCC[C@@H]12. The first-order valence-electron chi connectivity index (χ1n) is 8.02. The summed E-state index contributed by atoms with van der Waals surface area (Å²) < 4.78 is 46.7. The molecule has 2 fully saturated rings. The zero-order valence-electron chi connectivity index (χ0n) is 13.0. The van der Waals surface area contributed by atoms with Gasteiger partial charge in [0.1, 0.15) is 5.82 Å². The van der Waals surface area contributed by atoms with Crippen LogP contribution in [0, 0.1) is 23.4 Å². The highest BCUT2D eigenvalue weighted by Crippen LogP contribution is 2.42. The molecule has 1 aromatic carbocycles. The molecule has 1 aliphatic carbocycles. The highest BCUT2D eigenvalue weighted by atomic mass is 19.2. The third-order valence-corrected chi connectivity index (χ3v) is 4.85. The molecule has 1 heterocycles. The molecule has 0 bridgehead atoms. The highest BCUT2D eigenvalue weighted by molar-refractivity contribution is 5.73. The lowest BCUT2D eigenvalue weighted by molar-refractivity contribution is -0.131. The number of nitrogens with one attached hydrogen (secondary N) is 1. The number of hydrogen-bond acceptors (Lipinski definition) is 2. The number of hydrogen-bond donors (Lipinski definition) is 1. The normalized spacial score (nSPS) is 30.6. The fraction of sp³-hybridized carbons (Fsp3) is 0.588. The number of ether oxygens (including phenoxy) is 1. The monoisotopic (exact) mass is 327 g/mol. The molecule has 0 radical (unpaired) electrons. The molecule has 126 valence electrons. The van der Waals surface area contributed by atoms with Crippen LogP contribution in [-0.2, 0) is 9.53 Å². The Kier molecular flexibility index (Phi) is 4.62. The third kappa shape index (κ3) is 3.37. The topological polar surface area (TPSA) is 38.3 Å². The van der Waals surface area contributed by atoms with Gasteiger partial charge in [-0.2, -0.15) is 0 Å². The van der Waals surface area contributed by atoms with Crippen LogP contribution < -0.4 is 5.32 Å². The summed E-state index contributed by atoms with van der Waals surface area (Å²) in [5.74, 6) is -3.07. The summed E-state index contributed by atoms with van der Waals surface area (Å²) >= 11 is 0. The van der Waals surface area contributed by atoms with Gasteiger partial charge in [-0.05, 0) is 25.3 Å². The zero-order chi connectivity index (χ0) is 16.6. The number of carbonyl (C=O) groups excluding carboxylic acids is 1. The van der Waals surface area contributed by atoms with Crippen LogP contribution in [0.1, 0.15) is 50.7 Å². The summed E-state index contributed by atoms with van der Waals surface area (Å²) in [7, 11) is 0. The summed E-state index contributed by atoms with van der Waals surface area (Å²) in [5, 5.41) is 2.92. The van der Waals surface area contributed by atoms with Crippen molar-refractivity contribution in [1.82, 2.24) is 5.32 Å². The maximum atomic E-state index is 14.1. The summed E-state index contributed by atoms with van der Waals surface area (Å²) in [6, 6.07) is 1.28. The molecule has 1 amide bonds. The van der Waals surface area contributed by atoms with Crippen molar-refractivity contribution in [2.45, 2.75) is 57.3 Å². The van der Waals surface area contributed by atoms with Crippen LogP contribution in [0.5, 0.6) is 0 Å². The van der Waals surface area contributed by atoms with Gasteiger partial charge in [-0.15, -0.1) is 0 Å². The van der Waals surface area contributed by atoms with Gasteiger partial charge < -0.3 is 10.1 Å². The molecule has 3 nitrogen and oxygen atoms in total. The number of halogens is 3. The van der Waals surface area contributed by atoms with Gasteiger partial charge in [0.2, 0.25) is 5.91 Å². The fourth-order valence-electron chi connectivity index (χ4n) is 3.84. The lowest BCUT2D eigenvalue weighted by Crippen LogP contribution is -2.51. The van der Waals surface area contributed by atoms with Crippen LogP contribution in [0.15, 0.2) is 12.1 Å². The van der Waals surface area contributed by atoms with Crippen molar-refractivity contribution in [3.63, 3.8) is 0 Å². The predicted molar refractivity (Wildman–Crippen MR) is 78.1 cm³/mol. The quantitative estimate of drug-likeness (QED) is 0.843. The standard InChI is InChI=1S/C17H20F3NO2/c1-9(22)21-15-8-17(23-16-5-3-2-4-10(15)16)11-6-13(19)14(20)7-12(11)18/h6-7,10,15-17H,2-5,8H2,1H3,(H,21,22)/t10-,15+,16+,17+/m0/s1. The molecule has 6 heteroatoms. The van der Waals surface area contributed by atoms with Gasteiger partial charge in [-0.3, -0.25) is 4.79 Å². The van der Waals surface area contributed by atoms with Crippen molar-refractivity contribution < 1.29 is 22.7 Å². The van der Waals surface area contributed by atoms with Crippen molar-refractivity contribution in [3.8, 4) is 0 Å². The van der Waals surface area contributed by atoms with Crippen LogP contribution in [0.4, 0.5) is 13.2 Å². The van der Waals surface area contributed by atoms with E-state index in [2.05, 4.69) is 5.32 Å². The van der Waals surface area contributed by atoms with Crippen molar-refractivity contribution >= 4 is 5.91 Å². The maximum Gasteiger partial charge on any atom is 0.217 e. The Balaban J connectivity index is 1.88. The average molecular weight is 327 g/mol.